The van der Waals surface area contributed by atoms with E-state index in [9.17, 15) is 36.0 Å². The molecule has 4 fully saturated rings. The van der Waals surface area contributed by atoms with Crippen molar-refractivity contribution in [1.29, 1.82) is 0 Å². The average Bonchev–Trinajstić information content (AvgIpc) is 3.95. The Bertz CT molecular complexity index is 1970. The van der Waals surface area contributed by atoms with Gasteiger partial charge in [-0.25, -0.2) is 21.6 Å². The highest BCUT2D eigenvalue weighted by atomic mass is 32.2. The van der Waals surface area contributed by atoms with Crippen molar-refractivity contribution >= 4 is 54.6 Å². The topological polar surface area (TPSA) is 188 Å². The number of nitrogens with one attached hydrogen (secondary N) is 3. The number of ether oxygens (including phenoxy) is 1. The van der Waals surface area contributed by atoms with Crippen LogP contribution < -0.4 is 15.4 Å². The molecule has 4 amide bonds. The number of carbonyl (C=O) groups is 4. The third-order valence-corrected chi connectivity index (χ3v) is 13.8. The number of amides is 4. The van der Waals surface area contributed by atoms with Gasteiger partial charge < -0.3 is 20.3 Å². The number of hydrogen-bond donors (Lipinski definition) is 3. The van der Waals surface area contributed by atoms with Crippen LogP contribution in [0.3, 0.4) is 0 Å². The molecule has 51 heavy (non-hydrogen) atoms. The lowest BCUT2D eigenvalue weighted by atomic mass is 9.85. The van der Waals surface area contributed by atoms with Crippen LogP contribution in [0, 0.1) is 11.3 Å². The first-order chi connectivity index (χ1) is 24.0. The number of nitrogens with zero attached hydrogens (tertiary/aromatic N) is 2. The molecule has 6 rings (SSSR count). The molecule has 276 valence electrons. The van der Waals surface area contributed by atoms with Crippen LogP contribution in [-0.2, 0) is 39.2 Å². The van der Waals surface area contributed by atoms with Gasteiger partial charge in [-0.2, -0.15) is 4.31 Å². The van der Waals surface area contributed by atoms with Gasteiger partial charge in [0.1, 0.15) is 23.7 Å². The number of benzene rings is 2. The van der Waals surface area contributed by atoms with Gasteiger partial charge in [0.2, 0.25) is 31.9 Å². The largest absolute Gasteiger partial charge is 0.446 e. The first-order valence-corrected chi connectivity index (χ1v) is 20.2. The van der Waals surface area contributed by atoms with E-state index in [-0.39, 0.29) is 17.4 Å². The Morgan fingerprint density at radius 2 is 1.65 bits per heavy atom. The molecule has 0 bridgehead atoms. The normalized spacial score (nSPS) is 24.9. The standard InChI is InChI=1S/C35H45N5O9S2/c1-5-24-19-35(24,32(43)38-50(45,46)26-16-17-26)37-30(41)28-20-39(51(47,48)27-15-14-22-10-6-7-11-23(22)18-27)21-40(28)31(42)29(34(2,3)4)36-33(44)49-25-12-8-9-13-25/h5-7,10-11,14-15,18,24-26,28-29H,1,8-9,12-13,16-17,19-21H2,2-4H3,(H,36,44)(H,37,41)(H,38,43)/t24-,28+,29-,35-/m1/s1. The van der Waals surface area contributed by atoms with Gasteiger partial charge in [0.25, 0.3) is 5.91 Å². The van der Waals surface area contributed by atoms with E-state index < -0.39 is 91.3 Å². The molecule has 3 aliphatic carbocycles. The summed E-state index contributed by atoms with van der Waals surface area (Å²) in [4.78, 5) is 56.1. The summed E-state index contributed by atoms with van der Waals surface area (Å²) in [6.07, 6.45) is 4.53. The van der Waals surface area contributed by atoms with Crippen molar-refractivity contribution < 1.29 is 40.8 Å². The minimum absolute atomic E-state index is 0.0460. The van der Waals surface area contributed by atoms with Crippen LogP contribution in [0.1, 0.15) is 65.7 Å². The molecule has 0 aromatic heterocycles. The third kappa shape index (κ3) is 7.49. The minimum atomic E-state index is -4.28. The number of rotatable bonds is 11. The fourth-order valence-electron chi connectivity index (χ4n) is 6.86. The van der Waals surface area contributed by atoms with Crippen molar-refractivity contribution in [2.75, 3.05) is 13.2 Å². The molecular weight excluding hydrogens is 699 g/mol. The monoisotopic (exact) mass is 743 g/mol. The maximum absolute atomic E-state index is 14.4. The Balaban J connectivity index is 1.30. The van der Waals surface area contributed by atoms with Crippen LogP contribution in [0.2, 0.25) is 0 Å². The summed E-state index contributed by atoms with van der Waals surface area (Å²) in [6.45, 7) is 7.89. The Kier molecular flexibility index (Phi) is 9.74. The SMILES string of the molecule is C=C[C@@H]1C[C@]1(NC(=O)[C@@H]1CN(S(=O)(=O)c2ccc3ccccc3c2)CN1C(=O)[C@@H](NC(=O)OC1CCCC1)C(C)(C)C)C(=O)NS(=O)(=O)C1CC1. The third-order valence-electron chi connectivity index (χ3n) is 10.2. The van der Waals surface area contributed by atoms with E-state index in [0.29, 0.717) is 31.1 Å². The van der Waals surface area contributed by atoms with Crippen molar-refractivity contribution in [1.82, 2.24) is 24.6 Å². The predicted octanol–water partition coefficient (Wildman–Crippen LogP) is 2.75. The van der Waals surface area contributed by atoms with Gasteiger partial charge in [-0.15, -0.1) is 6.58 Å². The summed E-state index contributed by atoms with van der Waals surface area (Å²) in [7, 11) is -8.23. The second kappa shape index (κ2) is 13.5. The van der Waals surface area contributed by atoms with Crippen molar-refractivity contribution in [3.8, 4) is 0 Å². The second-order valence-electron chi connectivity index (χ2n) is 15.1. The Labute approximate surface area is 298 Å². The number of carbonyl (C=O) groups excluding carboxylic acids is 4. The molecule has 0 radical (unpaired) electrons. The van der Waals surface area contributed by atoms with E-state index in [1.807, 2.05) is 12.1 Å². The van der Waals surface area contributed by atoms with E-state index in [2.05, 4.69) is 21.9 Å². The van der Waals surface area contributed by atoms with Crippen LogP contribution in [0.4, 0.5) is 4.79 Å². The number of alkyl carbamates (subject to hydrolysis) is 1. The van der Waals surface area contributed by atoms with Crippen LogP contribution in [-0.4, -0.2) is 92.0 Å². The van der Waals surface area contributed by atoms with E-state index in [1.165, 1.54) is 18.2 Å². The molecule has 2 aromatic rings. The number of fused-ring (bicyclic) bond motifs is 1. The Hall–Kier alpha value is -4.02. The molecule has 3 saturated carbocycles. The highest BCUT2D eigenvalue weighted by Crippen LogP contribution is 2.45. The highest BCUT2D eigenvalue weighted by molar-refractivity contribution is 7.91. The maximum atomic E-state index is 14.4. The molecule has 4 aliphatic rings. The van der Waals surface area contributed by atoms with Gasteiger partial charge in [0.15, 0.2) is 0 Å². The van der Waals surface area contributed by atoms with Gasteiger partial charge in [-0.3, -0.25) is 19.1 Å². The van der Waals surface area contributed by atoms with E-state index >= 15 is 0 Å². The van der Waals surface area contributed by atoms with Crippen molar-refractivity contribution in [3.05, 3.63) is 55.1 Å². The minimum Gasteiger partial charge on any atom is -0.446 e. The fourth-order valence-corrected chi connectivity index (χ4v) is 9.65. The molecular formula is C35H45N5O9S2. The maximum Gasteiger partial charge on any atom is 0.408 e. The van der Waals surface area contributed by atoms with E-state index in [1.54, 1.807) is 39.0 Å². The molecule has 2 aromatic carbocycles. The van der Waals surface area contributed by atoms with Crippen LogP contribution in [0.25, 0.3) is 10.8 Å². The number of sulfonamides is 2. The van der Waals surface area contributed by atoms with Crippen molar-refractivity contribution in [2.45, 2.75) is 99.6 Å². The number of hydrogen-bond acceptors (Lipinski definition) is 9. The molecule has 16 heteroatoms. The molecule has 3 N–H and O–H groups in total. The summed E-state index contributed by atoms with van der Waals surface area (Å²) in [5.74, 6) is -3.11. The molecule has 1 heterocycles. The van der Waals surface area contributed by atoms with Crippen molar-refractivity contribution in [3.63, 3.8) is 0 Å². The van der Waals surface area contributed by atoms with Gasteiger partial charge in [-0.05, 0) is 73.3 Å². The molecule has 14 nitrogen and oxygen atoms in total. The van der Waals surface area contributed by atoms with E-state index in [4.69, 9.17) is 4.74 Å². The molecule has 0 spiro atoms. The Morgan fingerprint density at radius 1 is 0.980 bits per heavy atom. The van der Waals surface area contributed by atoms with Crippen molar-refractivity contribution in [2.24, 2.45) is 11.3 Å². The van der Waals surface area contributed by atoms with Gasteiger partial charge in [0, 0.05) is 12.5 Å². The lowest BCUT2D eigenvalue weighted by Crippen LogP contribution is -2.60. The van der Waals surface area contributed by atoms with Gasteiger partial charge in [0.05, 0.1) is 16.8 Å². The van der Waals surface area contributed by atoms with Crippen LogP contribution >= 0.6 is 0 Å². The zero-order valence-corrected chi connectivity index (χ0v) is 30.6. The molecule has 4 atom stereocenters. The summed E-state index contributed by atoms with van der Waals surface area (Å²) >= 11 is 0. The smallest absolute Gasteiger partial charge is 0.408 e. The summed E-state index contributed by atoms with van der Waals surface area (Å²) in [5, 5.41) is 6.15. The average molecular weight is 744 g/mol. The van der Waals surface area contributed by atoms with Gasteiger partial charge in [-0.1, -0.05) is 57.2 Å². The van der Waals surface area contributed by atoms with E-state index in [0.717, 1.165) is 27.4 Å². The zero-order chi connectivity index (χ0) is 36.9. The predicted molar refractivity (Wildman–Crippen MR) is 188 cm³/mol. The van der Waals surface area contributed by atoms with Gasteiger partial charge >= 0.3 is 6.09 Å². The zero-order valence-electron chi connectivity index (χ0n) is 29.0. The molecule has 1 saturated heterocycles. The summed E-state index contributed by atoms with van der Waals surface area (Å²) < 4.78 is 62.2. The summed E-state index contributed by atoms with van der Waals surface area (Å²) in [5.41, 5.74) is -2.56. The summed E-state index contributed by atoms with van der Waals surface area (Å²) in [6, 6.07) is 9.19. The first kappa shape index (κ1) is 36.8. The second-order valence-corrected chi connectivity index (χ2v) is 19.0. The molecule has 0 unspecified atom stereocenters. The fraction of sp³-hybridized carbons (Fsp3) is 0.543. The lowest BCUT2D eigenvalue weighted by molar-refractivity contribution is -0.142. The first-order valence-electron chi connectivity index (χ1n) is 17.2. The Morgan fingerprint density at radius 3 is 2.25 bits per heavy atom. The molecule has 1 aliphatic heterocycles. The quantitative estimate of drug-likeness (QED) is 0.291. The highest BCUT2D eigenvalue weighted by Gasteiger charge is 2.62. The lowest BCUT2D eigenvalue weighted by Gasteiger charge is -2.35. The van der Waals surface area contributed by atoms with Crippen LogP contribution in [0.5, 0.6) is 0 Å². The van der Waals surface area contributed by atoms with Crippen LogP contribution in [0.15, 0.2) is 60.0 Å².